The van der Waals surface area contributed by atoms with Crippen LogP contribution in [0.1, 0.15) is 41.0 Å². The van der Waals surface area contributed by atoms with Crippen molar-refractivity contribution in [3.8, 4) is 0 Å². The number of nitrogens with zero attached hydrogens (tertiary/aromatic N) is 1. The van der Waals surface area contributed by atoms with Crippen molar-refractivity contribution in [3.63, 3.8) is 0 Å². The minimum atomic E-state index is -0.440. The molecule has 0 bridgehead atoms. The van der Waals surface area contributed by atoms with E-state index >= 15 is 0 Å². The molecule has 0 aromatic carbocycles. The van der Waals surface area contributed by atoms with Crippen molar-refractivity contribution >= 4 is 5.91 Å². The minimum Gasteiger partial charge on any atom is -0.372 e. The zero-order valence-corrected chi connectivity index (χ0v) is 11.7. The fraction of sp³-hybridized carbons (Fsp3) is 0.923. The first kappa shape index (κ1) is 14.5. The molecule has 100 valence electrons. The molecule has 1 aliphatic heterocycles. The average Bonchev–Trinajstić information content (AvgIpc) is 2.24. The molecular formula is C13H26N2O2. The van der Waals surface area contributed by atoms with Crippen molar-refractivity contribution in [1.29, 1.82) is 0 Å². The van der Waals surface area contributed by atoms with E-state index in [0.717, 1.165) is 6.42 Å². The highest BCUT2D eigenvalue weighted by atomic mass is 16.5. The van der Waals surface area contributed by atoms with Gasteiger partial charge in [0.2, 0.25) is 5.91 Å². The van der Waals surface area contributed by atoms with Gasteiger partial charge in [-0.1, -0.05) is 27.7 Å². The lowest BCUT2D eigenvalue weighted by atomic mass is 9.86. The number of carbonyl (C=O) groups is 1. The van der Waals surface area contributed by atoms with E-state index in [2.05, 4.69) is 6.92 Å². The second-order valence-corrected chi connectivity index (χ2v) is 6.06. The molecule has 0 spiro atoms. The van der Waals surface area contributed by atoms with Gasteiger partial charge in [0.1, 0.15) is 0 Å². The Hall–Kier alpha value is -0.610. The molecule has 0 aromatic heterocycles. The molecule has 4 heteroatoms. The Balaban J connectivity index is 2.68. The number of rotatable bonds is 2. The molecule has 1 aliphatic rings. The predicted octanol–water partition coefficient (Wildman–Crippen LogP) is 1.39. The van der Waals surface area contributed by atoms with Gasteiger partial charge in [-0.05, 0) is 18.8 Å². The van der Waals surface area contributed by atoms with Crippen LogP contribution in [0.25, 0.3) is 0 Å². The van der Waals surface area contributed by atoms with Gasteiger partial charge in [0.25, 0.3) is 0 Å². The van der Waals surface area contributed by atoms with Crippen molar-refractivity contribution in [3.05, 3.63) is 0 Å². The second kappa shape index (κ2) is 5.36. The van der Waals surface area contributed by atoms with Gasteiger partial charge in [-0.3, -0.25) is 4.79 Å². The molecule has 0 aromatic rings. The van der Waals surface area contributed by atoms with E-state index in [9.17, 15) is 4.79 Å². The number of ether oxygens (including phenoxy) is 1. The van der Waals surface area contributed by atoms with Crippen LogP contribution >= 0.6 is 0 Å². The minimum absolute atomic E-state index is 0.0473. The van der Waals surface area contributed by atoms with Gasteiger partial charge in [0.15, 0.2) is 0 Å². The molecule has 0 radical (unpaired) electrons. The summed E-state index contributed by atoms with van der Waals surface area (Å²) >= 11 is 0. The zero-order valence-electron chi connectivity index (χ0n) is 11.7. The summed E-state index contributed by atoms with van der Waals surface area (Å²) in [7, 11) is 0. The lowest BCUT2D eigenvalue weighted by Crippen LogP contribution is -2.56. The molecule has 2 N–H and O–H groups in total. The molecule has 0 aliphatic carbocycles. The Labute approximate surface area is 104 Å². The molecule has 1 amide bonds. The van der Waals surface area contributed by atoms with E-state index in [1.807, 2.05) is 32.6 Å². The van der Waals surface area contributed by atoms with Crippen LogP contribution in [0.4, 0.5) is 0 Å². The van der Waals surface area contributed by atoms with Crippen LogP contribution in [-0.2, 0) is 9.53 Å². The van der Waals surface area contributed by atoms with Crippen LogP contribution in [0.15, 0.2) is 0 Å². The fourth-order valence-electron chi connectivity index (χ4n) is 2.02. The summed E-state index contributed by atoms with van der Waals surface area (Å²) in [4.78, 5) is 14.2. The van der Waals surface area contributed by atoms with E-state index < -0.39 is 6.04 Å². The van der Waals surface area contributed by atoms with Crippen LogP contribution in [-0.4, -0.2) is 42.1 Å². The zero-order chi connectivity index (χ0) is 13.2. The summed E-state index contributed by atoms with van der Waals surface area (Å²) in [5, 5.41) is 0. The van der Waals surface area contributed by atoms with Gasteiger partial charge < -0.3 is 15.4 Å². The van der Waals surface area contributed by atoms with Crippen LogP contribution in [0.3, 0.4) is 0 Å². The maximum absolute atomic E-state index is 12.3. The molecule has 1 saturated heterocycles. The standard InChI is InChI=1S/C13H26N2O2/c1-6-10-8-15(7-9(2)17-10)12(16)11(14)13(3,4)5/h9-11H,6-8,14H2,1-5H3/t9?,10?,11-/m1/s1. The molecule has 1 heterocycles. The number of hydrogen-bond acceptors (Lipinski definition) is 3. The van der Waals surface area contributed by atoms with Crippen LogP contribution < -0.4 is 5.73 Å². The Morgan fingerprint density at radius 3 is 2.53 bits per heavy atom. The summed E-state index contributed by atoms with van der Waals surface area (Å²) in [6, 6.07) is -0.440. The molecule has 17 heavy (non-hydrogen) atoms. The summed E-state index contributed by atoms with van der Waals surface area (Å²) in [5.74, 6) is 0.0473. The topological polar surface area (TPSA) is 55.6 Å². The summed E-state index contributed by atoms with van der Waals surface area (Å²) in [6.07, 6.45) is 1.18. The van der Waals surface area contributed by atoms with Crippen molar-refractivity contribution in [2.75, 3.05) is 13.1 Å². The van der Waals surface area contributed by atoms with E-state index in [1.165, 1.54) is 0 Å². The molecule has 3 atom stereocenters. The number of amides is 1. The smallest absolute Gasteiger partial charge is 0.240 e. The fourth-order valence-corrected chi connectivity index (χ4v) is 2.02. The van der Waals surface area contributed by atoms with Gasteiger partial charge in [-0.25, -0.2) is 0 Å². The Bertz CT molecular complexity index is 273. The molecule has 0 saturated carbocycles. The Kier molecular flexibility index (Phi) is 4.55. The van der Waals surface area contributed by atoms with E-state index in [-0.39, 0.29) is 23.5 Å². The third-order valence-electron chi connectivity index (χ3n) is 3.29. The summed E-state index contributed by atoms with van der Waals surface area (Å²) < 4.78 is 5.75. The third-order valence-corrected chi connectivity index (χ3v) is 3.29. The normalized spacial score (nSPS) is 28.0. The van der Waals surface area contributed by atoms with Crippen molar-refractivity contribution in [2.45, 2.75) is 59.3 Å². The maximum atomic E-state index is 12.3. The maximum Gasteiger partial charge on any atom is 0.240 e. The van der Waals surface area contributed by atoms with E-state index in [1.54, 1.807) is 0 Å². The van der Waals surface area contributed by atoms with Gasteiger partial charge >= 0.3 is 0 Å². The monoisotopic (exact) mass is 242 g/mol. The van der Waals surface area contributed by atoms with Gasteiger partial charge in [0.05, 0.1) is 18.2 Å². The van der Waals surface area contributed by atoms with Gasteiger partial charge in [0, 0.05) is 13.1 Å². The average molecular weight is 242 g/mol. The molecule has 1 rings (SSSR count). The second-order valence-electron chi connectivity index (χ2n) is 6.06. The van der Waals surface area contributed by atoms with Crippen molar-refractivity contribution in [1.82, 2.24) is 4.90 Å². The van der Waals surface area contributed by atoms with Crippen molar-refractivity contribution in [2.24, 2.45) is 11.1 Å². The molecule has 1 fully saturated rings. The summed E-state index contributed by atoms with van der Waals surface area (Å²) in [5.41, 5.74) is 5.83. The Morgan fingerprint density at radius 2 is 2.06 bits per heavy atom. The lowest BCUT2D eigenvalue weighted by molar-refractivity contribution is -0.148. The first-order chi connectivity index (χ1) is 7.75. The molecular weight excluding hydrogens is 216 g/mol. The SMILES string of the molecule is CCC1CN(C(=O)[C@@H](N)C(C)(C)C)CC(C)O1. The predicted molar refractivity (Wildman–Crippen MR) is 68.6 cm³/mol. The van der Waals surface area contributed by atoms with Crippen LogP contribution in [0, 0.1) is 5.41 Å². The van der Waals surface area contributed by atoms with Crippen LogP contribution in [0.2, 0.25) is 0 Å². The quantitative estimate of drug-likeness (QED) is 0.796. The number of nitrogens with two attached hydrogens (primary N) is 1. The highest BCUT2D eigenvalue weighted by Crippen LogP contribution is 2.21. The number of carbonyl (C=O) groups excluding carboxylic acids is 1. The van der Waals surface area contributed by atoms with Gasteiger partial charge in [-0.15, -0.1) is 0 Å². The Morgan fingerprint density at radius 1 is 1.47 bits per heavy atom. The summed E-state index contributed by atoms with van der Waals surface area (Å²) in [6.45, 7) is 11.4. The first-order valence-electron chi connectivity index (χ1n) is 6.45. The van der Waals surface area contributed by atoms with Gasteiger partial charge in [-0.2, -0.15) is 0 Å². The largest absolute Gasteiger partial charge is 0.372 e. The molecule has 2 unspecified atom stereocenters. The first-order valence-corrected chi connectivity index (χ1v) is 6.45. The third kappa shape index (κ3) is 3.68. The van der Waals surface area contributed by atoms with E-state index in [4.69, 9.17) is 10.5 Å². The highest BCUT2D eigenvalue weighted by molar-refractivity contribution is 5.82. The van der Waals surface area contributed by atoms with Crippen LogP contribution in [0.5, 0.6) is 0 Å². The highest BCUT2D eigenvalue weighted by Gasteiger charge is 2.34. The van der Waals surface area contributed by atoms with E-state index in [0.29, 0.717) is 13.1 Å². The van der Waals surface area contributed by atoms with Crippen molar-refractivity contribution < 1.29 is 9.53 Å². The lowest BCUT2D eigenvalue weighted by Gasteiger charge is -2.39. The molecule has 4 nitrogen and oxygen atoms in total. The number of hydrogen-bond donors (Lipinski definition) is 1. The number of morpholine rings is 1.